The number of nitrogens with zero attached hydrogens (tertiary/aromatic N) is 4. The van der Waals surface area contributed by atoms with Crippen LogP contribution < -0.4 is 20.9 Å². The van der Waals surface area contributed by atoms with E-state index in [9.17, 15) is 0 Å². The summed E-state index contributed by atoms with van der Waals surface area (Å²) in [6.07, 6.45) is 0. The minimum Gasteiger partial charge on any atom is -0.464 e. The molecule has 1 aromatic heterocycles. The Kier molecular flexibility index (Phi) is 4.65. The van der Waals surface area contributed by atoms with Gasteiger partial charge in [-0.2, -0.15) is 26.7 Å². The van der Waals surface area contributed by atoms with E-state index in [0.29, 0.717) is 35.0 Å². The molecule has 0 aromatic carbocycles. The van der Waals surface area contributed by atoms with Crippen molar-refractivity contribution in [1.82, 2.24) is 15.0 Å². The maximum Gasteiger partial charge on any atom is 0.323 e. The minimum atomic E-state index is 0.305. The van der Waals surface area contributed by atoms with Crippen LogP contribution in [0.5, 0.6) is 6.01 Å². The number of aromatic nitrogens is 3. The molecule has 0 radical (unpaired) electrons. The van der Waals surface area contributed by atoms with Crippen molar-refractivity contribution in [3.8, 4) is 6.01 Å². The fourth-order valence-electron chi connectivity index (χ4n) is 2.09. The molecule has 0 amide bonds. The first-order valence-electron chi connectivity index (χ1n) is 6.38. The second kappa shape index (κ2) is 6.25. The number of anilines is 2. The maximum absolute atomic E-state index is 5.39. The predicted octanol–water partition coefficient (Wildman–Crippen LogP) is 0.886. The Balaban J connectivity index is 2.24. The summed E-state index contributed by atoms with van der Waals surface area (Å²) < 4.78 is 5.34. The van der Waals surface area contributed by atoms with Gasteiger partial charge in [0.05, 0.1) is 6.61 Å². The van der Waals surface area contributed by atoms with E-state index in [2.05, 4.69) is 39.1 Å². The van der Waals surface area contributed by atoms with E-state index in [0.717, 1.165) is 13.1 Å². The Morgan fingerprint density at radius 1 is 1.32 bits per heavy atom. The summed E-state index contributed by atoms with van der Waals surface area (Å²) in [6, 6.07) is 0.305. The van der Waals surface area contributed by atoms with Crippen molar-refractivity contribution in [2.75, 3.05) is 30.0 Å². The SMILES string of the molecule is CCOc1nc(NN)nc(N2CC(C)SC(C)C2)n1. The highest BCUT2D eigenvalue weighted by Gasteiger charge is 2.25. The first-order chi connectivity index (χ1) is 9.12. The zero-order valence-corrected chi connectivity index (χ0v) is 12.3. The normalized spacial score (nSPS) is 23.3. The number of nitrogens with two attached hydrogens (primary N) is 1. The molecule has 2 heterocycles. The van der Waals surface area contributed by atoms with Crippen LogP contribution in [0.1, 0.15) is 20.8 Å². The summed E-state index contributed by atoms with van der Waals surface area (Å²) in [4.78, 5) is 14.9. The molecule has 0 aliphatic carbocycles. The second-order valence-corrected chi connectivity index (χ2v) is 6.36. The van der Waals surface area contributed by atoms with Gasteiger partial charge in [-0.25, -0.2) is 5.84 Å². The van der Waals surface area contributed by atoms with Gasteiger partial charge < -0.3 is 9.64 Å². The van der Waals surface area contributed by atoms with E-state index in [1.807, 2.05) is 18.7 Å². The number of thioether (sulfide) groups is 1. The fourth-order valence-corrected chi connectivity index (χ4v) is 3.41. The Morgan fingerprint density at radius 2 is 2.00 bits per heavy atom. The minimum absolute atomic E-state index is 0.305. The van der Waals surface area contributed by atoms with E-state index in [4.69, 9.17) is 10.6 Å². The van der Waals surface area contributed by atoms with Gasteiger partial charge in [-0.3, -0.25) is 5.43 Å². The third-order valence-electron chi connectivity index (χ3n) is 2.71. The van der Waals surface area contributed by atoms with Gasteiger partial charge in [-0.1, -0.05) is 13.8 Å². The van der Waals surface area contributed by atoms with Gasteiger partial charge in [0.2, 0.25) is 11.9 Å². The maximum atomic E-state index is 5.39. The lowest BCUT2D eigenvalue weighted by atomic mass is 10.3. The number of hydrogen-bond donors (Lipinski definition) is 2. The van der Waals surface area contributed by atoms with Crippen molar-refractivity contribution in [3.05, 3.63) is 0 Å². The van der Waals surface area contributed by atoms with Crippen molar-refractivity contribution in [2.45, 2.75) is 31.3 Å². The zero-order valence-electron chi connectivity index (χ0n) is 11.5. The van der Waals surface area contributed by atoms with Crippen LogP contribution in [0.25, 0.3) is 0 Å². The Morgan fingerprint density at radius 3 is 2.58 bits per heavy atom. The van der Waals surface area contributed by atoms with Crippen molar-refractivity contribution in [1.29, 1.82) is 0 Å². The topological polar surface area (TPSA) is 89.2 Å². The highest BCUT2D eigenvalue weighted by molar-refractivity contribution is 8.00. The summed E-state index contributed by atoms with van der Waals surface area (Å²) in [5.74, 6) is 6.33. The number of hydrogen-bond acceptors (Lipinski definition) is 8. The molecule has 7 nitrogen and oxygen atoms in total. The van der Waals surface area contributed by atoms with Crippen molar-refractivity contribution in [2.24, 2.45) is 5.84 Å². The lowest BCUT2D eigenvalue weighted by molar-refractivity contribution is 0.312. The quantitative estimate of drug-likeness (QED) is 0.622. The molecule has 0 bridgehead atoms. The van der Waals surface area contributed by atoms with E-state index in [1.54, 1.807) is 0 Å². The van der Waals surface area contributed by atoms with Gasteiger partial charge in [-0.05, 0) is 6.92 Å². The van der Waals surface area contributed by atoms with E-state index in [1.165, 1.54) is 0 Å². The molecule has 8 heteroatoms. The van der Waals surface area contributed by atoms with E-state index in [-0.39, 0.29) is 0 Å². The van der Waals surface area contributed by atoms with Gasteiger partial charge >= 0.3 is 6.01 Å². The summed E-state index contributed by atoms with van der Waals surface area (Å²) in [6.45, 7) is 8.64. The molecule has 106 valence electrons. The monoisotopic (exact) mass is 284 g/mol. The summed E-state index contributed by atoms with van der Waals surface area (Å²) in [5, 5.41) is 1.09. The van der Waals surface area contributed by atoms with Gasteiger partial charge in [0.15, 0.2) is 0 Å². The fraction of sp³-hybridized carbons (Fsp3) is 0.727. The molecule has 1 aromatic rings. The van der Waals surface area contributed by atoms with Crippen molar-refractivity contribution in [3.63, 3.8) is 0 Å². The first-order valence-corrected chi connectivity index (χ1v) is 7.32. The molecule has 0 saturated carbocycles. The lowest BCUT2D eigenvalue weighted by Gasteiger charge is -2.34. The molecule has 1 aliphatic rings. The Hall–Kier alpha value is -1.28. The summed E-state index contributed by atoms with van der Waals surface area (Å²) in [7, 11) is 0. The van der Waals surface area contributed by atoms with Crippen LogP contribution in [-0.4, -0.2) is 45.1 Å². The van der Waals surface area contributed by atoms with Crippen LogP contribution in [0.4, 0.5) is 11.9 Å². The smallest absolute Gasteiger partial charge is 0.323 e. The van der Waals surface area contributed by atoms with E-state index >= 15 is 0 Å². The molecule has 2 atom stereocenters. The highest BCUT2D eigenvalue weighted by Crippen LogP contribution is 2.27. The van der Waals surface area contributed by atoms with Gasteiger partial charge in [-0.15, -0.1) is 0 Å². The third kappa shape index (κ3) is 3.60. The van der Waals surface area contributed by atoms with Crippen molar-refractivity contribution >= 4 is 23.7 Å². The number of nitrogens with one attached hydrogen (secondary N) is 1. The summed E-state index contributed by atoms with van der Waals surface area (Å²) >= 11 is 1.98. The average molecular weight is 284 g/mol. The number of hydrazine groups is 1. The third-order valence-corrected chi connectivity index (χ3v) is 3.94. The van der Waals surface area contributed by atoms with Gasteiger partial charge in [0.25, 0.3) is 0 Å². The predicted molar refractivity (Wildman–Crippen MR) is 77.5 cm³/mol. The molecule has 3 N–H and O–H groups in total. The molecule has 19 heavy (non-hydrogen) atoms. The molecule has 2 rings (SSSR count). The number of nitrogen functional groups attached to an aromatic ring is 1. The molecular formula is C11H20N6OS. The van der Waals surface area contributed by atoms with Crippen LogP contribution in [0.3, 0.4) is 0 Å². The Bertz CT molecular complexity index is 422. The lowest BCUT2D eigenvalue weighted by Crippen LogP contribution is -2.41. The zero-order chi connectivity index (χ0) is 13.8. The van der Waals surface area contributed by atoms with Crippen LogP contribution in [0, 0.1) is 0 Å². The highest BCUT2D eigenvalue weighted by atomic mass is 32.2. The van der Waals surface area contributed by atoms with Crippen molar-refractivity contribution < 1.29 is 4.74 Å². The Labute approximate surface area is 117 Å². The van der Waals surface area contributed by atoms with Crippen LogP contribution in [0.15, 0.2) is 0 Å². The molecule has 1 fully saturated rings. The molecule has 2 unspecified atom stereocenters. The second-order valence-electron chi connectivity index (χ2n) is 4.48. The van der Waals surface area contributed by atoms with Gasteiger partial charge in [0.1, 0.15) is 0 Å². The largest absolute Gasteiger partial charge is 0.464 e. The molecular weight excluding hydrogens is 264 g/mol. The van der Waals surface area contributed by atoms with Crippen LogP contribution in [0.2, 0.25) is 0 Å². The number of rotatable bonds is 4. The van der Waals surface area contributed by atoms with Crippen LogP contribution in [-0.2, 0) is 0 Å². The first kappa shape index (κ1) is 14.1. The van der Waals surface area contributed by atoms with Gasteiger partial charge in [0, 0.05) is 23.6 Å². The number of ether oxygens (including phenoxy) is 1. The standard InChI is InChI=1S/C11H20N6OS/c1-4-18-11-14-9(16-12)13-10(15-11)17-5-7(2)19-8(3)6-17/h7-8H,4-6,12H2,1-3H3,(H,13,14,15,16). The van der Waals surface area contributed by atoms with Crippen LogP contribution >= 0.6 is 11.8 Å². The molecule has 1 saturated heterocycles. The average Bonchev–Trinajstić information content (AvgIpc) is 2.37. The van der Waals surface area contributed by atoms with E-state index < -0.39 is 0 Å². The molecule has 0 spiro atoms. The molecule has 1 aliphatic heterocycles. The summed E-state index contributed by atoms with van der Waals surface area (Å²) in [5.41, 5.74) is 2.45.